The molecule has 130 valence electrons. The average Bonchev–Trinajstić information content (AvgIpc) is 2.61. The van der Waals surface area contributed by atoms with Crippen LogP contribution in [0.1, 0.15) is 56.6 Å². The minimum atomic E-state index is -1.03. The summed E-state index contributed by atoms with van der Waals surface area (Å²) in [5.41, 5.74) is 2.84. The molecule has 1 aliphatic carbocycles. The van der Waals surface area contributed by atoms with Gasteiger partial charge in [0, 0.05) is 35.5 Å². The van der Waals surface area contributed by atoms with Gasteiger partial charge >= 0.3 is 6.09 Å². The van der Waals surface area contributed by atoms with Gasteiger partial charge in [-0.2, -0.15) is 0 Å². The molecule has 1 saturated heterocycles. The van der Waals surface area contributed by atoms with E-state index in [-0.39, 0.29) is 6.10 Å². The monoisotopic (exact) mass is 330 g/mol. The van der Waals surface area contributed by atoms with Gasteiger partial charge in [0.1, 0.15) is 0 Å². The van der Waals surface area contributed by atoms with Crippen LogP contribution in [0.15, 0.2) is 18.2 Å². The molecular formula is C19H26N2O3. The van der Waals surface area contributed by atoms with E-state index in [1.165, 1.54) is 38.5 Å². The number of fused-ring (bicyclic) bond motifs is 3. The fourth-order valence-corrected chi connectivity index (χ4v) is 4.87. The van der Waals surface area contributed by atoms with Gasteiger partial charge in [-0.1, -0.05) is 19.3 Å². The summed E-state index contributed by atoms with van der Waals surface area (Å²) in [5.74, 6) is 1.23. The Kier molecular flexibility index (Phi) is 4.35. The fraction of sp³-hybridized carbons (Fsp3) is 0.632. The van der Waals surface area contributed by atoms with Crippen LogP contribution in [0, 0.1) is 11.8 Å². The van der Waals surface area contributed by atoms with Crippen molar-refractivity contribution in [2.45, 2.75) is 57.1 Å². The number of ether oxygens (including phenoxy) is 1. The lowest BCUT2D eigenvalue weighted by molar-refractivity contribution is -0.0457. The molecule has 0 radical (unpaired) electrons. The quantitative estimate of drug-likeness (QED) is 0.740. The minimum Gasteiger partial charge on any atom is -0.465 e. The highest BCUT2D eigenvalue weighted by molar-refractivity contribution is 5.83. The van der Waals surface area contributed by atoms with E-state index < -0.39 is 6.09 Å². The molecule has 4 rings (SSSR count). The van der Waals surface area contributed by atoms with Crippen molar-refractivity contribution in [2.24, 2.45) is 11.8 Å². The van der Waals surface area contributed by atoms with E-state index in [2.05, 4.69) is 10.6 Å². The second-order valence-electron chi connectivity index (χ2n) is 7.40. The van der Waals surface area contributed by atoms with Crippen molar-refractivity contribution in [3.05, 3.63) is 23.8 Å². The number of hydrogen-bond donors (Lipinski definition) is 3. The number of amides is 1. The third-order valence-corrected chi connectivity index (χ3v) is 5.92. The standard InChI is InChI=1S/C19H26N2O3/c22-19(23)20-13-8-9-16-15(11-13)18-14(7-4-10-24-18)17(21-16)12-5-2-1-3-6-12/h8-9,11-12,14,17-18,20-21H,1-7,10H2,(H,22,23). The van der Waals surface area contributed by atoms with Crippen molar-refractivity contribution in [1.82, 2.24) is 0 Å². The lowest BCUT2D eigenvalue weighted by Gasteiger charge is -2.47. The van der Waals surface area contributed by atoms with Gasteiger partial charge in [0.2, 0.25) is 0 Å². The maximum absolute atomic E-state index is 10.9. The third kappa shape index (κ3) is 2.97. The van der Waals surface area contributed by atoms with Crippen molar-refractivity contribution in [2.75, 3.05) is 17.2 Å². The Morgan fingerprint density at radius 1 is 1.17 bits per heavy atom. The SMILES string of the molecule is O=C(O)Nc1ccc2c(c1)C1OCCCC1C(C1CCCCC1)N2. The van der Waals surface area contributed by atoms with Gasteiger partial charge in [0.15, 0.2) is 0 Å². The molecule has 1 saturated carbocycles. The van der Waals surface area contributed by atoms with Crippen LogP contribution in [0.2, 0.25) is 0 Å². The van der Waals surface area contributed by atoms with Gasteiger partial charge in [0.05, 0.1) is 6.10 Å². The normalized spacial score (nSPS) is 29.9. The van der Waals surface area contributed by atoms with Gasteiger partial charge in [0.25, 0.3) is 0 Å². The average molecular weight is 330 g/mol. The Labute approximate surface area is 142 Å². The Morgan fingerprint density at radius 3 is 2.79 bits per heavy atom. The van der Waals surface area contributed by atoms with Gasteiger partial charge in [-0.3, -0.25) is 5.32 Å². The minimum absolute atomic E-state index is 0.0949. The smallest absolute Gasteiger partial charge is 0.409 e. The molecule has 1 aromatic carbocycles. The predicted octanol–water partition coefficient (Wildman–Crippen LogP) is 4.62. The molecule has 3 unspecified atom stereocenters. The van der Waals surface area contributed by atoms with Crippen LogP contribution in [-0.2, 0) is 4.74 Å². The first-order chi connectivity index (χ1) is 11.7. The van der Waals surface area contributed by atoms with Gasteiger partial charge in [-0.05, 0) is 49.8 Å². The molecule has 2 heterocycles. The van der Waals surface area contributed by atoms with Crippen molar-refractivity contribution in [1.29, 1.82) is 0 Å². The molecule has 2 fully saturated rings. The largest absolute Gasteiger partial charge is 0.465 e. The highest BCUT2D eigenvalue weighted by Crippen LogP contribution is 2.48. The maximum Gasteiger partial charge on any atom is 0.409 e. The molecule has 0 spiro atoms. The van der Waals surface area contributed by atoms with E-state index in [1.807, 2.05) is 18.2 Å². The lowest BCUT2D eigenvalue weighted by atomic mass is 9.71. The summed E-state index contributed by atoms with van der Waals surface area (Å²) < 4.78 is 6.17. The summed E-state index contributed by atoms with van der Waals surface area (Å²) in [7, 11) is 0. The fourth-order valence-electron chi connectivity index (χ4n) is 4.87. The molecule has 3 atom stereocenters. The van der Waals surface area contributed by atoms with Crippen LogP contribution in [0.25, 0.3) is 0 Å². The van der Waals surface area contributed by atoms with Gasteiger partial charge in [-0.15, -0.1) is 0 Å². The Balaban J connectivity index is 1.65. The maximum atomic E-state index is 10.9. The van der Waals surface area contributed by atoms with E-state index in [9.17, 15) is 4.79 Å². The van der Waals surface area contributed by atoms with Crippen LogP contribution < -0.4 is 10.6 Å². The molecular weight excluding hydrogens is 304 g/mol. The zero-order valence-corrected chi connectivity index (χ0v) is 14.0. The van der Waals surface area contributed by atoms with Crippen molar-refractivity contribution in [3.8, 4) is 0 Å². The summed E-state index contributed by atoms with van der Waals surface area (Å²) in [5, 5.41) is 15.2. The first kappa shape index (κ1) is 15.8. The van der Waals surface area contributed by atoms with Crippen molar-refractivity contribution < 1.29 is 14.6 Å². The van der Waals surface area contributed by atoms with E-state index in [1.54, 1.807) is 0 Å². The van der Waals surface area contributed by atoms with Gasteiger partial charge in [-0.25, -0.2) is 4.79 Å². The van der Waals surface area contributed by atoms with E-state index >= 15 is 0 Å². The lowest BCUT2D eigenvalue weighted by Crippen LogP contribution is -2.46. The number of hydrogen-bond acceptors (Lipinski definition) is 3. The number of nitrogens with one attached hydrogen (secondary N) is 2. The number of benzene rings is 1. The zero-order valence-electron chi connectivity index (χ0n) is 14.0. The molecule has 0 aromatic heterocycles. The van der Waals surface area contributed by atoms with E-state index in [0.29, 0.717) is 17.6 Å². The summed E-state index contributed by atoms with van der Waals surface area (Å²) in [6.07, 6.45) is 8.06. The Bertz CT molecular complexity index is 613. The molecule has 1 amide bonds. The van der Waals surface area contributed by atoms with Crippen molar-refractivity contribution in [3.63, 3.8) is 0 Å². The molecule has 1 aromatic rings. The third-order valence-electron chi connectivity index (χ3n) is 5.92. The van der Waals surface area contributed by atoms with Gasteiger partial charge < -0.3 is 15.2 Å². The summed E-state index contributed by atoms with van der Waals surface area (Å²) in [6, 6.07) is 6.27. The predicted molar refractivity (Wildman–Crippen MR) is 93.5 cm³/mol. The molecule has 24 heavy (non-hydrogen) atoms. The number of carbonyl (C=O) groups is 1. The summed E-state index contributed by atoms with van der Waals surface area (Å²) in [4.78, 5) is 10.9. The number of carboxylic acid groups (broad SMARTS) is 1. The second kappa shape index (κ2) is 6.63. The van der Waals surface area contributed by atoms with Crippen LogP contribution >= 0.6 is 0 Å². The second-order valence-corrected chi connectivity index (χ2v) is 7.40. The van der Waals surface area contributed by atoms with E-state index in [4.69, 9.17) is 9.84 Å². The van der Waals surface area contributed by atoms with Crippen LogP contribution in [-0.4, -0.2) is 23.8 Å². The Morgan fingerprint density at radius 2 is 2.00 bits per heavy atom. The van der Waals surface area contributed by atoms with Crippen LogP contribution in [0.4, 0.5) is 16.2 Å². The zero-order chi connectivity index (χ0) is 16.5. The van der Waals surface area contributed by atoms with Crippen LogP contribution in [0.3, 0.4) is 0 Å². The molecule has 5 nitrogen and oxygen atoms in total. The molecule has 2 aliphatic heterocycles. The molecule has 0 bridgehead atoms. The Hall–Kier alpha value is -1.75. The number of anilines is 2. The molecule has 5 heteroatoms. The summed E-state index contributed by atoms with van der Waals surface area (Å²) >= 11 is 0. The first-order valence-electron chi connectivity index (χ1n) is 9.24. The highest BCUT2D eigenvalue weighted by atomic mass is 16.5. The molecule has 3 N–H and O–H groups in total. The topological polar surface area (TPSA) is 70.6 Å². The van der Waals surface area contributed by atoms with Crippen molar-refractivity contribution >= 4 is 17.5 Å². The highest BCUT2D eigenvalue weighted by Gasteiger charge is 2.42. The molecule has 3 aliphatic rings. The number of rotatable bonds is 2. The summed E-state index contributed by atoms with van der Waals surface area (Å²) in [6.45, 7) is 0.800. The van der Waals surface area contributed by atoms with E-state index in [0.717, 1.165) is 30.2 Å². The van der Waals surface area contributed by atoms with Crippen LogP contribution in [0.5, 0.6) is 0 Å². The first-order valence-corrected chi connectivity index (χ1v) is 9.24.